The number of hydrogen-bond donors (Lipinski definition) is 3. The van der Waals surface area contributed by atoms with E-state index in [1.165, 1.54) is 0 Å². The molecule has 3 aromatic carbocycles. The maximum absolute atomic E-state index is 12.1. The van der Waals surface area contributed by atoms with E-state index in [4.69, 9.17) is 9.72 Å². The number of rotatable bonds is 11. The first-order valence-electron chi connectivity index (χ1n) is 13.6. The number of hydrogen-bond acceptors (Lipinski definition) is 6. The SMILES string of the molecule is C=C(Nc1cccc(Cc2ncc(OC)c(-c3c[nH]c4ccccc34)n2)c1)c1ccc(NC(=O)/C=C/CN(C)C)cc1. The number of H-pyrrole nitrogens is 1. The summed E-state index contributed by atoms with van der Waals surface area (Å²) in [7, 11) is 5.54. The van der Waals surface area contributed by atoms with Crippen LogP contribution in [0.15, 0.2) is 104 Å². The summed E-state index contributed by atoms with van der Waals surface area (Å²) in [5, 5.41) is 7.35. The second-order valence-corrected chi connectivity index (χ2v) is 10.2. The summed E-state index contributed by atoms with van der Waals surface area (Å²) in [5.74, 6) is 1.16. The minimum atomic E-state index is -0.159. The number of aromatic amines is 1. The summed E-state index contributed by atoms with van der Waals surface area (Å²) in [5.41, 5.74) is 7.13. The number of ether oxygens (including phenoxy) is 1. The van der Waals surface area contributed by atoms with Crippen LogP contribution in [0.4, 0.5) is 11.4 Å². The molecule has 42 heavy (non-hydrogen) atoms. The van der Waals surface area contributed by atoms with E-state index in [1.54, 1.807) is 19.4 Å². The average Bonchev–Trinajstić information content (AvgIpc) is 3.41. The number of benzene rings is 3. The molecule has 0 saturated carbocycles. The summed E-state index contributed by atoms with van der Waals surface area (Å²) < 4.78 is 5.59. The molecule has 0 fully saturated rings. The molecule has 8 heteroatoms. The van der Waals surface area contributed by atoms with Crippen LogP contribution in [0.1, 0.15) is 17.0 Å². The third-order valence-electron chi connectivity index (χ3n) is 6.69. The lowest BCUT2D eigenvalue weighted by atomic mass is 10.1. The Hall–Kier alpha value is -5.21. The number of carbonyl (C=O) groups is 1. The van der Waals surface area contributed by atoms with Crippen molar-refractivity contribution in [2.75, 3.05) is 38.4 Å². The Labute approximate surface area is 245 Å². The third-order valence-corrected chi connectivity index (χ3v) is 6.69. The molecule has 0 spiro atoms. The van der Waals surface area contributed by atoms with Crippen LogP contribution in [0.2, 0.25) is 0 Å². The van der Waals surface area contributed by atoms with Crippen molar-refractivity contribution in [3.05, 3.63) is 121 Å². The summed E-state index contributed by atoms with van der Waals surface area (Å²) in [6.45, 7) is 4.92. The topological polar surface area (TPSA) is 95.2 Å². The fourth-order valence-corrected chi connectivity index (χ4v) is 4.60. The Morgan fingerprint density at radius 1 is 1.02 bits per heavy atom. The van der Waals surface area contributed by atoms with Crippen LogP contribution < -0.4 is 15.4 Å². The van der Waals surface area contributed by atoms with Gasteiger partial charge in [-0.1, -0.05) is 55.1 Å². The van der Waals surface area contributed by atoms with E-state index >= 15 is 0 Å². The smallest absolute Gasteiger partial charge is 0.248 e. The van der Waals surface area contributed by atoms with E-state index in [0.717, 1.165) is 50.4 Å². The van der Waals surface area contributed by atoms with Gasteiger partial charge in [0.2, 0.25) is 5.91 Å². The van der Waals surface area contributed by atoms with Crippen LogP contribution in [0.3, 0.4) is 0 Å². The average molecular weight is 559 g/mol. The highest BCUT2D eigenvalue weighted by Crippen LogP contribution is 2.33. The first-order chi connectivity index (χ1) is 20.4. The molecule has 0 aliphatic heterocycles. The zero-order chi connectivity index (χ0) is 29.5. The number of nitrogens with zero attached hydrogens (tertiary/aromatic N) is 3. The number of carbonyl (C=O) groups excluding carboxylic acids is 1. The molecule has 1 amide bonds. The molecule has 212 valence electrons. The van der Waals surface area contributed by atoms with Gasteiger partial charge in [-0.05, 0) is 55.6 Å². The summed E-state index contributed by atoms with van der Waals surface area (Å²) >= 11 is 0. The van der Waals surface area contributed by atoms with Crippen molar-refractivity contribution < 1.29 is 9.53 Å². The lowest BCUT2D eigenvalue weighted by Crippen LogP contribution is -2.12. The Kier molecular flexibility index (Phi) is 8.75. The second kappa shape index (κ2) is 13.0. The molecule has 3 N–H and O–H groups in total. The normalized spacial score (nSPS) is 11.2. The predicted molar refractivity (Wildman–Crippen MR) is 171 cm³/mol. The van der Waals surface area contributed by atoms with Gasteiger partial charge in [0.15, 0.2) is 5.75 Å². The van der Waals surface area contributed by atoms with Crippen LogP contribution in [-0.2, 0) is 11.2 Å². The lowest BCUT2D eigenvalue weighted by Gasteiger charge is -2.12. The van der Waals surface area contributed by atoms with Crippen LogP contribution in [0, 0.1) is 0 Å². The highest BCUT2D eigenvalue weighted by molar-refractivity contribution is 5.99. The molecular weight excluding hydrogens is 524 g/mol. The number of nitrogens with one attached hydrogen (secondary N) is 3. The van der Waals surface area contributed by atoms with E-state index in [-0.39, 0.29) is 5.91 Å². The number of aromatic nitrogens is 3. The van der Waals surface area contributed by atoms with Crippen molar-refractivity contribution in [3.63, 3.8) is 0 Å². The molecule has 5 rings (SSSR count). The molecule has 0 radical (unpaired) electrons. The standard InChI is InChI=1S/C34H34N6O2/c1-23(25-14-16-26(17-15-25)38-33(41)13-8-18-40(2)3)37-27-10-7-9-24(19-27)20-32-36-22-31(42-4)34(39-32)29-21-35-30-12-6-5-11-28(29)30/h5-17,19,21-22,35,37H,1,18,20H2,2-4H3,(H,38,41)/b13-8+. The Bertz CT molecular complexity index is 1740. The van der Waals surface area contributed by atoms with Gasteiger partial charge < -0.3 is 25.3 Å². The van der Waals surface area contributed by atoms with E-state index in [0.29, 0.717) is 24.5 Å². The molecule has 0 atom stereocenters. The van der Waals surface area contributed by atoms with Gasteiger partial charge in [0.25, 0.3) is 0 Å². The van der Waals surface area contributed by atoms with Crippen molar-refractivity contribution in [2.24, 2.45) is 0 Å². The van der Waals surface area contributed by atoms with Crippen molar-refractivity contribution >= 4 is 33.9 Å². The lowest BCUT2D eigenvalue weighted by molar-refractivity contribution is -0.111. The highest BCUT2D eigenvalue weighted by atomic mass is 16.5. The quantitative estimate of drug-likeness (QED) is 0.163. The van der Waals surface area contributed by atoms with Gasteiger partial charge in [-0.15, -0.1) is 0 Å². The molecule has 0 unspecified atom stereocenters. The maximum Gasteiger partial charge on any atom is 0.248 e. The first-order valence-corrected chi connectivity index (χ1v) is 13.6. The van der Waals surface area contributed by atoms with Gasteiger partial charge in [0.1, 0.15) is 11.5 Å². The largest absolute Gasteiger partial charge is 0.493 e. The number of methoxy groups -OCH3 is 1. The first kappa shape index (κ1) is 28.3. The molecular formula is C34H34N6O2. The van der Waals surface area contributed by atoms with Crippen molar-refractivity contribution in [1.29, 1.82) is 0 Å². The van der Waals surface area contributed by atoms with Crippen LogP contribution in [-0.4, -0.2) is 53.5 Å². The number of anilines is 2. The molecule has 0 aliphatic rings. The molecule has 2 heterocycles. The zero-order valence-corrected chi connectivity index (χ0v) is 24.0. The number of likely N-dealkylation sites (N-methyl/N-ethyl adjacent to an activating group) is 1. The van der Waals surface area contributed by atoms with Gasteiger partial charge in [0, 0.05) is 58.8 Å². The maximum atomic E-state index is 12.1. The van der Waals surface area contributed by atoms with E-state index < -0.39 is 0 Å². The molecule has 2 aromatic heterocycles. The van der Waals surface area contributed by atoms with E-state index in [1.807, 2.05) is 85.9 Å². The van der Waals surface area contributed by atoms with Crippen LogP contribution in [0.5, 0.6) is 5.75 Å². The van der Waals surface area contributed by atoms with E-state index in [2.05, 4.69) is 45.4 Å². The Balaban J connectivity index is 1.26. The minimum absolute atomic E-state index is 0.159. The predicted octanol–water partition coefficient (Wildman–Crippen LogP) is 6.36. The van der Waals surface area contributed by atoms with Crippen LogP contribution >= 0.6 is 0 Å². The fraction of sp³-hybridized carbons (Fsp3) is 0.147. The zero-order valence-electron chi connectivity index (χ0n) is 24.0. The molecule has 8 nitrogen and oxygen atoms in total. The monoisotopic (exact) mass is 558 g/mol. The minimum Gasteiger partial charge on any atom is -0.493 e. The Morgan fingerprint density at radius 2 is 1.83 bits per heavy atom. The molecule has 0 bridgehead atoms. The summed E-state index contributed by atoms with van der Waals surface area (Å²) in [6.07, 6.45) is 7.61. The Morgan fingerprint density at radius 3 is 2.62 bits per heavy atom. The molecule has 0 saturated heterocycles. The van der Waals surface area contributed by atoms with Crippen molar-refractivity contribution in [2.45, 2.75) is 6.42 Å². The summed E-state index contributed by atoms with van der Waals surface area (Å²) in [4.78, 5) is 26.9. The second-order valence-electron chi connectivity index (χ2n) is 10.2. The summed E-state index contributed by atoms with van der Waals surface area (Å²) in [6, 6.07) is 23.8. The van der Waals surface area contributed by atoms with Gasteiger partial charge in [-0.2, -0.15) is 0 Å². The molecule has 5 aromatic rings. The number of fused-ring (bicyclic) bond motifs is 1. The van der Waals surface area contributed by atoms with Crippen molar-refractivity contribution in [1.82, 2.24) is 19.9 Å². The number of amides is 1. The van der Waals surface area contributed by atoms with Gasteiger partial charge in [-0.3, -0.25) is 4.79 Å². The van der Waals surface area contributed by atoms with E-state index in [9.17, 15) is 4.79 Å². The van der Waals surface area contributed by atoms with Gasteiger partial charge in [-0.25, -0.2) is 9.97 Å². The third kappa shape index (κ3) is 6.92. The number of para-hydroxylation sites is 1. The van der Waals surface area contributed by atoms with Crippen molar-refractivity contribution in [3.8, 4) is 17.0 Å². The molecule has 0 aliphatic carbocycles. The van der Waals surface area contributed by atoms with Gasteiger partial charge in [0.05, 0.1) is 13.3 Å². The highest BCUT2D eigenvalue weighted by Gasteiger charge is 2.15. The van der Waals surface area contributed by atoms with Gasteiger partial charge >= 0.3 is 0 Å². The fourth-order valence-electron chi connectivity index (χ4n) is 4.60. The van der Waals surface area contributed by atoms with Crippen LogP contribution in [0.25, 0.3) is 27.9 Å².